The summed E-state index contributed by atoms with van der Waals surface area (Å²) >= 11 is 0. The van der Waals surface area contributed by atoms with E-state index < -0.39 is 9.84 Å². The van der Waals surface area contributed by atoms with Crippen LogP contribution in [0.5, 0.6) is 0 Å². The summed E-state index contributed by atoms with van der Waals surface area (Å²) in [7, 11) is -3.04. The maximum atomic E-state index is 11.3. The Balaban J connectivity index is 2.60. The van der Waals surface area contributed by atoms with Gasteiger partial charge in [0.15, 0.2) is 9.84 Å². The van der Waals surface area contributed by atoms with Gasteiger partial charge in [0.05, 0.1) is 5.75 Å². The SMILES string of the molecule is C=CCNC(=O)Nc1ccc(CS(C)(=O)=O)cc1. The second kappa shape index (κ2) is 6.20. The van der Waals surface area contributed by atoms with Crippen molar-refractivity contribution in [2.75, 3.05) is 18.1 Å². The van der Waals surface area contributed by atoms with Gasteiger partial charge >= 0.3 is 6.03 Å². The lowest BCUT2D eigenvalue weighted by Gasteiger charge is -2.06. The summed E-state index contributed by atoms with van der Waals surface area (Å²) in [5, 5.41) is 5.19. The number of hydrogen-bond acceptors (Lipinski definition) is 3. The van der Waals surface area contributed by atoms with Crippen LogP contribution in [0.4, 0.5) is 10.5 Å². The highest BCUT2D eigenvalue weighted by Crippen LogP contribution is 2.11. The van der Waals surface area contributed by atoms with Gasteiger partial charge in [-0.1, -0.05) is 18.2 Å². The van der Waals surface area contributed by atoms with E-state index in [9.17, 15) is 13.2 Å². The van der Waals surface area contributed by atoms with Gasteiger partial charge in [0, 0.05) is 18.5 Å². The molecule has 98 valence electrons. The van der Waals surface area contributed by atoms with Crippen molar-refractivity contribution in [3.05, 3.63) is 42.5 Å². The lowest BCUT2D eigenvalue weighted by atomic mass is 10.2. The lowest BCUT2D eigenvalue weighted by Crippen LogP contribution is -2.28. The van der Waals surface area contributed by atoms with E-state index in [0.717, 1.165) is 0 Å². The van der Waals surface area contributed by atoms with Crippen molar-refractivity contribution in [1.82, 2.24) is 5.32 Å². The molecule has 0 fully saturated rings. The van der Waals surface area contributed by atoms with Gasteiger partial charge in [-0.25, -0.2) is 13.2 Å². The van der Waals surface area contributed by atoms with E-state index in [1.54, 1.807) is 30.3 Å². The largest absolute Gasteiger partial charge is 0.334 e. The number of anilines is 1. The van der Waals surface area contributed by atoms with Crippen molar-refractivity contribution >= 4 is 21.6 Å². The zero-order chi connectivity index (χ0) is 13.6. The smallest absolute Gasteiger partial charge is 0.319 e. The van der Waals surface area contributed by atoms with Crippen LogP contribution in [0.15, 0.2) is 36.9 Å². The maximum Gasteiger partial charge on any atom is 0.319 e. The van der Waals surface area contributed by atoms with Crippen LogP contribution in [0.1, 0.15) is 5.56 Å². The molecule has 1 rings (SSSR count). The topological polar surface area (TPSA) is 75.3 Å². The number of sulfone groups is 1. The van der Waals surface area contributed by atoms with Gasteiger partial charge in [-0.15, -0.1) is 6.58 Å². The lowest BCUT2D eigenvalue weighted by molar-refractivity contribution is 0.253. The summed E-state index contributed by atoms with van der Waals surface area (Å²) < 4.78 is 22.2. The Morgan fingerprint density at radius 2 is 1.94 bits per heavy atom. The predicted molar refractivity (Wildman–Crippen MR) is 72.2 cm³/mol. The molecule has 6 heteroatoms. The fourth-order valence-electron chi connectivity index (χ4n) is 1.33. The van der Waals surface area contributed by atoms with Crippen molar-refractivity contribution in [1.29, 1.82) is 0 Å². The van der Waals surface area contributed by atoms with Gasteiger partial charge in [0.25, 0.3) is 0 Å². The molecule has 0 saturated carbocycles. The highest BCUT2D eigenvalue weighted by Gasteiger charge is 2.05. The third kappa shape index (κ3) is 5.49. The quantitative estimate of drug-likeness (QED) is 0.795. The number of carbonyl (C=O) groups is 1. The van der Waals surface area contributed by atoms with E-state index in [1.807, 2.05) is 0 Å². The van der Waals surface area contributed by atoms with Crippen molar-refractivity contribution in [2.24, 2.45) is 0 Å². The van der Waals surface area contributed by atoms with Gasteiger partial charge in [-0.3, -0.25) is 0 Å². The Labute approximate surface area is 107 Å². The van der Waals surface area contributed by atoms with E-state index >= 15 is 0 Å². The molecular weight excluding hydrogens is 252 g/mol. The molecule has 0 atom stereocenters. The number of carbonyl (C=O) groups excluding carboxylic acids is 1. The summed E-state index contributed by atoms with van der Waals surface area (Å²) in [5.41, 5.74) is 1.29. The fourth-order valence-corrected chi connectivity index (χ4v) is 2.13. The van der Waals surface area contributed by atoms with Crippen LogP contribution in [-0.4, -0.2) is 27.2 Å². The molecule has 0 aliphatic carbocycles. The zero-order valence-corrected chi connectivity index (χ0v) is 11.0. The molecule has 0 radical (unpaired) electrons. The third-order valence-electron chi connectivity index (χ3n) is 2.05. The average Bonchev–Trinajstić information content (AvgIpc) is 2.27. The molecule has 2 N–H and O–H groups in total. The van der Waals surface area contributed by atoms with Crippen LogP contribution in [-0.2, 0) is 15.6 Å². The summed E-state index contributed by atoms with van der Waals surface area (Å²) in [4.78, 5) is 11.3. The van der Waals surface area contributed by atoms with E-state index in [-0.39, 0.29) is 11.8 Å². The number of benzene rings is 1. The number of urea groups is 1. The minimum atomic E-state index is -3.04. The molecule has 5 nitrogen and oxygen atoms in total. The first-order valence-electron chi connectivity index (χ1n) is 5.33. The van der Waals surface area contributed by atoms with Crippen molar-refractivity contribution in [3.8, 4) is 0 Å². The standard InChI is InChI=1S/C12H16N2O3S/c1-3-8-13-12(15)14-11-6-4-10(5-7-11)9-18(2,16)17/h3-7H,1,8-9H2,2H3,(H2,13,14,15). The molecule has 0 aliphatic heterocycles. The van der Waals surface area contributed by atoms with E-state index in [1.165, 1.54) is 6.26 Å². The molecule has 0 aliphatic rings. The van der Waals surface area contributed by atoms with E-state index in [4.69, 9.17) is 0 Å². The van der Waals surface area contributed by atoms with Gasteiger partial charge in [-0.05, 0) is 17.7 Å². The molecule has 0 aromatic heterocycles. The van der Waals surface area contributed by atoms with Crippen LogP contribution in [0.2, 0.25) is 0 Å². The Morgan fingerprint density at radius 1 is 1.33 bits per heavy atom. The molecule has 18 heavy (non-hydrogen) atoms. The van der Waals surface area contributed by atoms with Gasteiger partial charge < -0.3 is 10.6 Å². The maximum absolute atomic E-state index is 11.3. The summed E-state index contributed by atoms with van der Waals surface area (Å²) in [5.74, 6) is -0.00403. The molecule has 0 bridgehead atoms. The molecule has 1 aromatic carbocycles. The predicted octanol–water partition coefficient (Wildman–Crippen LogP) is 1.54. The molecule has 0 heterocycles. The monoisotopic (exact) mass is 268 g/mol. The van der Waals surface area contributed by atoms with Crippen molar-refractivity contribution in [2.45, 2.75) is 5.75 Å². The zero-order valence-electron chi connectivity index (χ0n) is 10.1. The molecule has 0 saturated heterocycles. The van der Waals surface area contributed by atoms with Gasteiger partial charge in [-0.2, -0.15) is 0 Å². The Kier molecular flexibility index (Phi) is 4.91. The van der Waals surface area contributed by atoms with Crippen molar-refractivity contribution in [3.63, 3.8) is 0 Å². The van der Waals surface area contributed by atoms with Gasteiger partial charge in [0.1, 0.15) is 0 Å². The number of amides is 2. The minimum absolute atomic E-state index is 0.00403. The number of hydrogen-bond donors (Lipinski definition) is 2. The Morgan fingerprint density at radius 3 is 2.44 bits per heavy atom. The highest BCUT2D eigenvalue weighted by molar-refractivity contribution is 7.89. The molecular formula is C12H16N2O3S. The number of rotatable bonds is 5. The fraction of sp³-hybridized carbons (Fsp3) is 0.250. The second-order valence-electron chi connectivity index (χ2n) is 3.89. The van der Waals surface area contributed by atoms with Crippen LogP contribution in [0.25, 0.3) is 0 Å². The van der Waals surface area contributed by atoms with Gasteiger partial charge in [0.2, 0.25) is 0 Å². The first kappa shape index (κ1) is 14.2. The Hall–Kier alpha value is -1.82. The van der Waals surface area contributed by atoms with Crippen LogP contribution >= 0.6 is 0 Å². The second-order valence-corrected chi connectivity index (χ2v) is 6.03. The third-order valence-corrected chi connectivity index (χ3v) is 2.91. The summed E-state index contributed by atoms with van der Waals surface area (Å²) in [6, 6.07) is 6.34. The molecule has 0 spiro atoms. The van der Waals surface area contributed by atoms with Crippen LogP contribution in [0.3, 0.4) is 0 Å². The first-order valence-corrected chi connectivity index (χ1v) is 7.39. The minimum Gasteiger partial charge on any atom is -0.334 e. The average molecular weight is 268 g/mol. The van der Waals surface area contributed by atoms with E-state index in [2.05, 4.69) is 17.2 Å². The number of nitrogens with one attached hydrogen (secondary N) is 2. The normalized spacial score (nSPS) is 10.7. The van der Waals surface area contributed by atoms with Crippen LogP contribution < -0.4 is 10.6 Å². The molecule has 1 aromatic rings. The van der Waals surface area contributed by atoms with E-state index in [0.29, 0.717) is 17.8 Å². The summed E-state index contributed by atoms with van der Waals surface area (Å²) in [6.07, 6.45) is 2.76. The Bertz CT molecular complexity index is 521. The van der Waals surface area contributed by atoms with Crippen molar-refractivity contribution < 1.29 is 13.2 Å². The molecule has 0 unspecified atom stereocenters. The first-order chi connectivity index (χ1) is 8.40. The summed E-state index contributed by atoms with van der Waals surface area (Å²) in [6.45, 7) is 3.87. The molecule has 2 amide bonds. The van der Waals surface area contributed by atoms with Crippen LogP contribution in [0, 0.1) is 0 Å². The highest BCUT2D eigenvalue weighted by atomic mass is 32.2.